The Bertz CT molecular complexity index is 965. The number of hydrogen-bond donors (Lipinski definition) is 0. The number of rotatable bonds is 6. The highest BCUT2D eigenvalue weighted by Gasteiger charge is 2.51. The lowest BCUT2D eigenvalue weighted by Gasteiger charge is -2.57. The van der Waals surface area contributed by atoms with Gasteiger partial charge in [0, 0.05) is 5.56 Å². The number of nitrogens with zero attached hydrogens (tertiary/aromatic N) is 1. The van der Waals surface area contributed by atoms with E-state index in [1.54, 1.807) is 6.08 Å². The molecule has 0 N–H and O–H groups in total. The highest BCUT2D eigenvalue weighted by Crippen LogP contribution is 2.61. The first-order valence-corrected chi connectivity index (χ1v) is 12.3. The molecular formula is C25H29NO5S. The predicted molar refractivity (Wildman–Crippen MR) is 122 cm³/mol. The zero-order chi connectivity index (χ0) is 22.5. The minimum atomic E-state index is -0.618. The Morgan fingerprint density at radius 2 is 1.81 bits per heavy atom. The number of amides is 2. The van der Waals surface area contributed by atoms with E-state index in [2.05, 4.69) is 16.9 Å². The number of hydrogen-bond acceptors (Lipinski definition) is 6. The first-order chi connectivity index (χ1) is 15.4. The number of carbonyl (C=O) groups excluding carboxylic acids is 3. The van der Waals surface area contributed by atoms with Crippen molar-refractivity contribution in [1.29, 1.82) is 0 Å². The van der Waals surface area contributed by atoms with Crippen molar-refractivity contribution in [3.05, 3.63) is 34.2 Å². The predicted octanol–water partition coefficient (Wildman–Crippen LogP) is 4.76. The molecule has 0 spiro atoms. The van der Waals surface area contributed by atoms with E-state index in [0.717, 1.165) is 40.0 Å². The molecule has 5 fully saturated rings. The molecule has 4 aliphatic carbocycles. The Labute approximate surface area is 192 Å². The molecule has 6 nitrogen and oxygen atoms in total. The molecule has 4 bridgehead atoms. The average molecular weight is 456 g/mol. The maximum atomic E-state index is 12.8. The number of esters is 1. The molecule has 0 atom stereocenters. The topological polar surface area (TPSA) is 72.9 Å². The van der Waals surface area contributed by atoms with Crippen LogP contribution in [0.25, 0.3) is 6.08 Å². The molecule has 5 aliphatic rings. The largest absolute Gasteiger partial charge is 0.493 e. The lowest BCUT2D eigenvalue weighted by atomic mass is 9.48. The summed E-state index contributed by atoms with van der Waals surface area (Å²) in [7, 11) is 1.24. The summed E-state index contributed by atoms with van der Waals surface area (Å²) in [6.45, 7) is 2.08. The molecule has 0 unspecified atom stereocenters. The molecule has 4 saturated carbocycles. The van der Waals surface area contributed by atoms with Gasteiger partial charge in [-0.25, -0.2) is 0 Å². The molecule has 1 saturated heterocycles. The van der Waals surface area contributed by atoms with Gasteiger partial charge in [-0.3, -0.25) is 19.3 Å². The normalized spacial score (nSPS) is 32.1. The number of imide groups is 1. The fraction of sp³-hybridized carbons (Fsp3) is 0.560. The summed E-state index contributed by atoms with van der Waals surface area (Å²) < 4.78 is 10.5. The number of benzene rings is 1. The van der Waals surface area contributed by atoms with Gasteiger partial charge in [-0.2, -0.15) is 0 Å². The van der Waals surface area contributed by atoms with Crippen LogP contribution in [-0.2, 0) is 19.7 Å². The van der Waals surface area contributed by atoms with Crippen LogP contribution >= 0.6 is 11.8 Å². The van der Waals surface area contributed by atoms with E-state index in [4.69, 9.17) is 4.74 Å². The summed E-state index contributed by atoms with van der Waals surface area (Å²) in [4.78, 5) is 38.0. The molecular weight excluding hydrogens is 426 g/mol. The molecule has 32 heavy (non-hydrogen) atoms. The van der Waals surface area contributed by atoms with E-state index < -0.39 is 17.1 Å². The molecule has 0 aromatic heterocycles. The van der Waals surface area contributed by atoms with E-state index >= 15 is 0 Å². The fourth-order valence-corrected chi connectivity index (χ4v) is 7.54. The third kappa shape index (κ3) is 3.74. The Morgan fingerprint density at radius 3 is 2.41 bits per heavy atom. The molecule has 2 amide bonds. The minimum absolute atomic E-state index is 0.228. The standard InChI is InChI=1S/C25H29NO5S/c1-3-31-20-5-4-19(25-11-15-6-16(12-25)8-17(7-15)13-25)9-18(20)10-21-23(28)26(24(29)32-21)14-22(27)30-2/h4-5,9-10,15-17H,3,6-8,11-14H2,1-2H3/b21-10+. The second-order valence-electron chi connectivity index (χ2n) is 9.73. The van der Waals surface area contributed by atoms with E-state index in [9.17, 15) is 14.4 Å². The molecule has 1 aromatic carbocycles. The van der Waals surface area contributed by atoms with Crippen molar-refractivity contribution < 1.29 is 23.9 Å². The molecule has 7 heteroatoms. The van der Waals surface area contributed by atoms with Gasteiger partial charge >= 0.3 is 5.97 Å². The van der Waals surface area contributed by atoms with Crippen molar-refractivity contribution in [2.24, 2.45) is 17.8 Å². The van der Waals surface area contributed by atoms with Crippen LogP contribution in [-0.4, -0.2) is 42.3 Å². The number of methoxy groups -OCH3 is 1. The lowest BCUT2D eigenvalue weighted by Crippen LogP contribution is -2.48. The van der Waals surface area contributed by atoms with Crippen molar-refractivity contribution in [2.45, 2.75) is 50.9 Å². The van der Waals surface area contributed by atoms with Gasteiger partial charge in [0.2, 0.25) is 0 Å². The van der Waals surface area contributed by atoms with Gasteiger partial charge in [0.25, 0.3) is 11.1 Å². The molecule has 170 valence electrons. The monoisotopic (exact) mass is 455 g/mol. The quantitative estimate of drug-likeness (QED) is 0.455. The van der Waals surface area contributed by atoms with Gasteiger partial charge in [-0.1, -0.05) is 6.07 Å². The SMILES string of the molecule is CCOc1ccc(C23CC4CC(CC(C4)C2)C3)cc1/C=C1/SC(=O)N(CC(=O)OC)C1=O. The van der Waals surface area contributed by atoms with Crippen LogP contribution in [0.3, 0.4) is 0 Å². The smallest absolute Gasteiger partial charge is 0.325 e. The second kappa shape index (κ2) is 8.25. The van der Waals surface area contributed by atoms with Crippen LogP contribution in [0.15, 0.2) is 23.1 Å². The maximum Gasteiger partial charge on any atom is 0.325 e. The summed E-state index contributed by atoms with van der Waals surface area (Å²) in [5, 5.41) is -0.457. The van der Waals surface area contributed by atoms with Crippen LogP contribution in [0.4, 0.5) is 4.79 Å². The van der Waals surface area contributed by atoms with Gasteiger partial charge in [0.1, 0.15) is 12.3 Å². The maximum absolute atomic E-state index is 12.8. The number of carbonyl (C=O) groups is 3. The van der Waals surface area contributed by atoms with E-state index in [0.29, 0.717) is 17.3 Å². The first kappa shape index (κ1) is 21.6. The Hall–Kier alpha value is -2.28. The molecule has 1 aliphatic heterocycles. The highest BCUT2D eigenvalue weighted by molar-refractivity contribution is 8.18. The third-order valence-corrected chi connectivity index (χ3v) is 8.54. The Morgan fingerprint density at radius 1 is 1.16 bits per heavy atom. The summed E-state index contributed by atoms with van der Waals surface area (Å²) in [5.41, 5.74) is 2.38. The van der Waals surface area contributed by atoms with Crippen LogP contribution < -0.4 is 4.74 Å². The molecule has 6 rings (SSSR count). The van der Waals surface area contributed by atoms with Gasteiger partial charge in [-0.15, -0.1) is 0 Å². The molecule has 1 heterocycles. The van der Waals surface area contributed by atoms with E-state index in [1.807, 2.05) is 13.0 Å². The highest BCUT2D eigenvalue weighted by atomic mass is 32.2. The van der Waals surface area contributed by atoms with Gasteiger partial charge in [0.15, 0.2) is 0 Å². The minimum Gasteiger partial charge on any atom is -0.493 e. The average Bonchev–Trinajstić information content (AvgIpc) is 3.01. The van der Waals surface area contributed by atoms with Crippen molar-refractivity contribution in [1.82, 2.24) is 4.90 Å². The van der Waals surface area contributed by atoms with Gasteiger partial charge < -0.3 is 9.47 Å². The Kier molecular flexibility index (Phi) is 5.56. The lowest BCUT2D eigenvalue weighted by molar-refractivity contribution is -0.143. The van der Waals surface area contributed by atoms with Crippen molar-refractivity contribution in [2.75, 3.05) is 20.3 Å². The number of ether oxygens (including phenoxy) is 2. The zero-order valence-electron chi connectivity index (χ0n) is 18.6. The van der Waals surface area contributed by atoms with E-state index in [-0.39, 0.29) is 12.0 Å². The Balaban J connectivity index is 1.48. The van der Waals surface area contributed by atoms with Crippen molar-refractivity contribution in [3.8, 4) is 5.75 Å². The van der Waals surface area contributed by atoms with Gasteiger partial charge in [0.05, 0.1) is 18.6 Å². The third-order valence-electron chi connectivity index (χ3n) is 7.64. The zero-order valence-corrected chi connectivity index (χ0v) is 19.4. The van der Waals surface area contributed by atoms with Crippen LogP contribution in [0, 0.1) is 17.8 Å². The second-order valence-corrected chi connectivity index (χ2v) is 10.7. The van der Waals surface area contributed by atoms with Crippen molar-refractivity contribution >= 4 is 35.0 Å². The summed E-state index contributed by atoms with van der Waals surface area (Å²) >= 11 is 0.856. The fourth-order valence-electron chi connectivity index (χ4n) is 6.71. The van der Waals surface area contributed by atoms with Crippen LogP contribution in [0.1, 0.15) is 56.6 Å². The molecule has 1 aromatic rings. The van der Waals surface area contributed by atoms with E-state index in [1.165, 1.54) is 51.2 Å². The summed E-state index contributed by atoms with van der Waals surface area (Å²) in [6.07, 6.45) is 9.66. The summed E-state index contributed by atoms with van der Waals surface area (Å²) in [6, 6.07) is 6.40. The van der Waals surface area contributed by atoms with Crippen LogP contribution in [0.5, 0.6) is 5.75 Å². The number of thioether (sulfide) groups is 1. The molecule has 0 radical (unpaired) electrons. The summed E-state index contributed by atoms with van der Waals surface area (Å²) in [5.74, 6) is 2.14. The van der Waals surface area contributed by atoms with Crippen LogP contribution in [0.2, 0.25) is 0 Å². The first-order valence-electron chi connectivity index (χ1n) is 11.5. The van der Waals surface area contributed by atoms with Gasteiger partial charge in [-0.05, 0) is 104 Å². The van der Waals surface area contributed by atoms with Crippen molar-refractivity contribution in [3.63, 3.8) is 0 Å².